The smallest absolute Gasteiger partial charge is 0.292 e. The summed E-state index contributed by atoms with van der Waals surface area (Å²) in [6.07, 6.45) is 1.39. The van der Waals surface area contributed by atoms with Crippen LogP contribution in [0.5, 0.6) is 5.75 Å². The molecule has 0 spiro atoms. The van der Waals surface area contributed by atoms with E-state index in [1.54, 1.807) is 24.3 Å². The molecular weight excluding hydrogens is 439 g/mol. The number of halogens is 2. The number of furan rings is 1. The first-order valence-corrected chi connectivity index (χ1v) is 9.83. The Morgan fingerprint density at radius 1 is 1.13 bits per heavy atom. The van der Waals surface area contributed by atoms with Crippen molar-refractivity contribution in [2.24, 2.45) is 0 Å². The largest absolute Gasteiger partial charge is 0.484 e. The van der Waals surface area contributed by atoms with Crippen LogP contribution in [-0.2, 0) is 6.61 Å². The first-order chi connectivity index (χ1) is 15.1. The Kier molecular flexibility index (Phi) is 5.94. The van der Waals surface area contributed by atoms with Gasteiger partial charge in [-0.25, -0.2) is 4.68 Å². The molecule has 0 unspecified atom stereocenters. The van der Waals surface area contributed by atoms with Gasteiger partial charge in [-0.2, -0.15) is 10.4 Å². The fourth-order valence-corrected chi connectivity index (χ4v) is 3.15. The summed E-state index contributed by atoms with van der Waals surface area (Å²) in [5.74, 6) is 0.598. The maximum absolute atomic E-state index is 12.7. The molecule has 0 atom stereocenters. The van der Waals surface area contributed by atoms with E-state index in [1.807, 2.05) is 36.4 Å². The van der Waals surface area contributed by atoms with Crippen molar-refractivity contribution in [3.05, 3.63) is 94.0 Å². The third-order valence-corrected chi connectivity index (χ3v) is 5.10. The van der Waals surface area contributed by atoms with Crippen LogP contribution in [0.4, 0.5) is 5.82 Å². The minimum Gasteiger partial charge on any atom is -0.484 e. The van der Waals surface area contributed by atoms with E-state index in [0.29, 0.717) is 27.2 Å². The predicted octanol–water partition coefficient (Wildman–Crippen LogP) is 5.48. The SMILES string of the molecule is N#Cc1cnn(-c2ccccc2)c1NC(=O)c1ccc(COc2cccc(Cl)c2Cl)o1. The molecule has 1 amide bonds. The molecule has 2 aromatic heterocycles. The van der Waals surface area contributed by atoms with Crippen LogP contribution in [0.2, 0.25) is 10.0 Å². The van der Waals surface area contributed by atoms with Gasteiger partial charge in [-0.15, -0.1) is 0 Å². The van der Waals surface area contributed by atoms with Crippen molar-refractivity contribution < 1.29 is 13.9 Å². The number of carbonyl (C=O) groups is 1. The van der Waals surface area contributed by atoms with E-state index < -0.39 is 5.91 Å². The lowest BCUT2D eigenvalue weighted by atomic mass is 10.3. The summed E-state index contributed by atoms with van der Waals surface area (Å²) in [5, 5.41) is 16.9. The van der Waals surface area contributed by atoms with Gasteiger partial charge in [-0.05, 0) is 36.4 Å². The molecule has 1 N–H and O–H groups in total. The summed E-state index contributed by atoms with van der Waals surface area (Å²) in [6.45, 7) is 0.0543. The summed E-state index contributed by atoms with van der Waals surface area (Å²) in [5.41, 5.74) is 0.925. The van der Waals surface area contributed by atoms with Crippen molar-refractivity contribution in [1.82, 2.24) is 9.78 Å². The Balaban J connectivity index is 1.49. The van der Waals surface area contributed by atoms with Gasteiger partial charge in [-0.3, -0.25) is 4.79 Å². The number of benzene rings is 2. The minimum atomic E-state index is -0.527. The van der Waals surface area contributed by atoms with Gasteiger partial charge in [0.2, 0.25) is 0 Å². The zero-order valence-electron chi connectivity index (χ0n) is 15.9. The maximum atomic E-state index is 12.7. The molecule has 0 saturated heterocycles. The number of rotatable bonds is 6. The molecule has 7 nitrogen and oxygen atoms in total. The molecule has 31 heavy (non-hydrogen) atoms. The average molecular weight is 453 g/mol. The standard InChI is InChI=1S/C22H14Cl2N4O3/c23-17-7-4-8-18(20(17)24)30-13-16-9-10-19(31-16)22(29)27-21-14(11-25)12-26-28(21)15-5-2-1-3-6-15/h1-10,12H,13H2,(H,27,29). The van der Waals surface area contributed by atoms with Crippen molar-refractivity contribution in [3.8, 4) is 17.5 Å². The number of nitrogens with zero attached hydrogens (tertiary/aromatic N) is 3. The minimum absolute atomic E-state index is 0.0543. The van der Waals surface area contributed by atoms with Gasteiger partial charge in [-0.1, -0.05) is 47.5 Å². The highest BCUT2D eigenvalue weighted by atomic mass is 35.5. The maximum Gasteiger partial charge on any atom is 0.292 e. The normalized spacial score (nSPS) is 10.5. The number of para-hydroxylation sites is 1. The second-order valence-corrected chi connectivity index (χ2v) is 7.11. The Bertz CT molecular complexity index is 1280. The molecule has 4 rings (SSSR count). The van der Waals surface area contributed by atoms with Crippen molar-refractivity contribution in [1.29, 1.82) is 5.26 Å². The number of aromatic nitrogens is 2. The molecule has 4 aromatic rings. The molecular formula is C22H14Cl2N4O3. The van der Waals surface area contributed by atoms with E-state index in [0.717, 1.165) is 0 Å². The molecule has 9 heteroatoms. The number of ether oxygens (including phenoxy) is 1. The zero-order chi connectivity index (χ0) is 21.8. The van der Waals surface area contributed by atoms with Gasteiger partial charge >= 0.3 is 0 Å². The van der Waals surface area contributed by atoms with E-state index in [4.69, 9.17) is 32.4 Å². The van der Waals surface area contributed by atoms with Crippen molar-refractivity contribution in [2.75, 3.05) is 5.32 Å². The monoisotopic (exact) mass is 452 g/mol. The molecule has 0 saturated carbocycles. The molecule has 0 fully saturated rings. The van der Waals surface area contributed by atoms with Crippen LogP contribution in [0.25, 0.3) is 5.69 Å². The van der Waals surface area contributed by atoms with Crippen LogP contribution in [0.15, 0.2) is 71.3 Å². The van der Waals surface area contributed by atoms with E-state index in [-0.39, 0.29) is 23.7 Å². The highest BCUT2D eigenvalue weighted by Gasteiger charge is 2.18. The second kappa shape index (κ2) is 8.96. The predicted molar refractivity (Wildman–Crippen MR) is 116 cm³/mol. The molecule has 2 aromatic carbocycles. The first kappa shape index (κ1) is 20.5. The Hall–Kier alpha value is -3.73. The first-order valence-electron chi connectivity index (χ1n) is 9.07. The summed E-state index contributed by atoms with van der Waals surface area (Å²) in [7, 11) is 0. The number of hydrogen-bond donors (Lipinski definition) is 1. The fourth-order valence-electron chi connectivity index (χ4n) is 2.81. The topological polar surface area (TPSA) is 93.1 Å². The van der Waals surface area contributed by atoms with Crippen molar-refractivity contribution in [2.45, 2.75) is 6.61 Å². The van der Waals surface area contributed by atoms with Gasteiger partial charge < -0.3 is 14.5 Å². The van der Waals surface area contributed by atoms with Gasteiger partial charge in [0, 0.05) is 0 Å². The molecule has 0 aliphatic rings. The molecule has 0 bridgehead atoms. The zero-order valence-corrected chi connectivity index (χ0v) is 17.4. The molecule has 2 heterocycles. The van der Waals surface area contributed by atoms with Crippen molar-refractivity contribution >= 4 is 34.9 Å². The number of hydrogen-bond acceptors (Lipinski definition) is 5. The lowest BCUT2D eigenvalue weighted by Gasteiger charge is -2.09. The van der Waals surface area contributed by atoms with E-state index in [1.165, 1.54) is 16.9 Å². The van der Waals surface area contributed by atoms with E-state index in [2.05, 4.69) is 10.4 Å². The van der Waals surface area contributed by atoms with Crippen molar-refractivity contribution in [3.63, 3.8) is 0 Å². The Morgan fingerprint density at radius 2 is 1.94 bits per heavy atom. The van der Waals surface area contributed by atoms with Gasteiger partial charge in [0.25, 0.3) is 5.91 Å². The number of nitriles is 1. The molecule has 0 radical (unpaired) electrons. The molecule has 154 valence electrons. The third kappa shape index (κ3) is 4.40. The Labute approximate surface area is 187 Å². The van der Waals surface area contributed by atoms with Gasteiger partial charge in [0.1, 0.15) is 34.8 Å². The second-order valence-electron chi connectivity index (χ2n) is 6.33. The van der Waals surface area contributed by atoms with Gasteiger partial charge in [0.05, 0.1) is 16.9 Å². The summed E-state index contributed by atoms with van der Waals surface area (Å²) in [6, 6.07) is 19.4. The van der Waals surface area contributed by atoms with Crippen LogP contribution in [0.1, 0.15) is 21.9 Å². The van der Waals surface area contributed by atoms with Crippen LogP contribution in [0.3, 0.4) is 0 Å². The third-order valence-electron chi connectivity index (χ3n) is 4.29. The van der Waals surface area contributed by atoms with E-state index >= 15 is 0 Å². The quantitative estimate of drug-likeness (QED) is 0.418. The lowest BCUT2D eigenvalue weighted by Crippen LogP contribution is -2.15. The summed E-state index contributed by atoms with van der Waals surface area (Å²) < 4.78 is 12.7. The van der Waals surface area contributed by atoms with Crippen LogP contribution in [0, 0.1) is 11.3 Å². The fraction of sp³-hybridized carbons (Fsp3) is 0.0455. The number of anilines is 1. The summed E-state index contributed by atoms with van der Waals surface area (Å²) in [4.78, 5) is 12.7. The van der Waals surface area contributed by atoms with Crippen LogP contribution >= 0.6 is 23.2 Å². The van der Waals surface area contributed by atoms with E-state index in [9.17, 15) is 10.1 Å². The average Bonchev–Trinajstić information content (AvgIpc) is 3.42. The number of nitrogens with one attached hydrogen (secondary N) is 1. The number of carbonyl (C=O) groups excluding carboxylic acids is 1. The van der Waals surface area contributed by atoms with Gasteiger partial charge in [0.15, 0.2) is 11.6 Å². The van der Waals surface area contributed by atoms with Crippen LogP contribution in [-0.4, -0.2) is 15.7 Å². The lowest BCUT2D eigenvalue weighted by molar-refractivity contribution is 0.0992. The Morgan fingerprint density at radius 3 is 2.71 bits per heavy atom. The summed E-state index contributed by atoms with van der Waals surface area (Å²) >= 11 is 12.1. The highest BCUT2D eigenvalue weighted by Crippen LogP contribution is 2.32. The number of amides is 1. The molecule has 0 aliphatic carbocycles. The molecule has 0 aliphatic heterocycles. The van der Waals surface area contributed by atoms with Crippen LogP contribution < -0.4 is 10.1 Å². The highest BCUT2D eigenvalue weighted by molar-refractivity contribution is 6.42.